The fourth-order valence-electron chi connectivity index (χ4n) is 3.78. The number of fused-ring (bicyclic) bond motifs is 3. The molecule has 28 heavy (non-hydrogen) atoms. The molecule has 0 unspecified atom stereocenters. The van der Waals surface area contributed by atoms with Crippen molar-refractivity contribution in [1.29, 1.82) is 0 Å². The van der Waals surface area contributed by atoms with E-state index in [9.17, 15) is 18.0 Å². The van der Waals surface area contributed by atoms with Gasteiger partial charge < -0.3 is 15.2 Å². The summed E-state index contributed by atoms with van der Waals surface area (Å²) in [4.78, 5) is 18.2. The van der Waals surface area contributed by atoms with E-state index in [0.717, 1.165) is 11.6 Å². The second-order valence-electron chi connectivity index (χ2n) is 7.30. The highest BCUT2D eigenvalue weighted by molar-refractivity contribution is 5.97. The number of rotatable bonds is 2. The zero-order valence-corrected chi connectivity index (χ0v) is 15.4. The molecule has 2 atom stereocenters. The van der Waals surface area contributed by atoms with E-state index in [1.165, 1.54) is 4.90 Å². The minimum atomic E-state index is -1.23. The van der Waals surface area contributed by atoms with E-state index in [1.807, 2.05) is 10.6 Å². The highest BCUT2D eigenvalue weighted by atomic mass is 19.2. The lowest BCUT2D eigenvalue weighted by Crippen LogP contribution is -2.39. The zero-order valence-electron chi connectivity index (χ0n) is 15.4. The molecule has 1 amide bonds. The number of benzene rings is 2. The molecular weight excluding hydrogens is 369 g/mol. The lowest BCUT2D eigenvalue weighted by atomic mass is 9.86. The van der Waals surface area contributed by atoms with Crippen LogP contribution in [0.25, 0.3) is 11.0 Å². The van der Waals surface area contributed by atoms with Crippen molar-refractivity contribution in [2.75, 3.05) is 14.1 Å². The zero-order chi connectivity index (χ0) is 20.2. The Morgan fingerprint density at radius 2 is 1.86 bits per heavy atom. The van der Waals surface area contributed by atoms with Crippen LogP contribution in [0.1, 0.15) is 27.7 Å². The summed E-state index contributed by atoms with van der Waals surface area (Å²) in [7, 11) is 3.34. The van der Waals surface area contributed by atoms with Gasteiger partial charge in [-0.15, -0.1) is 0 Å². The molecule has 0 radical (unpaired) electrons. The Labute approximate surface area is 159 Å². The quantitative estimate of drug-likeness (QED) is 0.687. The molecule has 0 aliphatic carbocycles. The third-order valence-corrected chi connectivity index (χ3v) is 5.23. The summed E-state index contributed by atoms with van der Waals surface area (Å²) in [6.07, 6.45) is 0.287. The molecule has 146 valence electrons. The number of nitrogens with two attached hydrogens (primary N) is 1. The van der Waals surface area contributed by atoms with E-state index in [-0.39, 0.29) is 17.9 Å². The van der Waals surface area contributed by atoms with Crippen LogP contribution in [0.2, 0.25) is 0 Å². The molecule has 3 aromatic rings. The van der Waals surface area contributed by atoms with E-state index < -0.39 is 29.4 Å². The third kappa shape index (κ3) is 2.93. The Balaban J connectivity index is 1.74. The first kappa shape index (κ1) is 18.5. The molecule has 5 nitrogen and oxygen atoms in total. The number of carbonyl (C=O) groups excluding carboxylic acids is 1. The molecule has 0 saturated carbocycles. The number of imidazole rings is 1. The molecule has 0 saturated heterocycles. The van der Waals surface area contributed by atoms with Gasteiger partial charge in [-0.25, -0.2) is 18.2 Å². The van der Waals surface area contributed by atoms with Crippen molar-refractivity contribution < 1.29 is 18.0 Å². The normalized spacial score (nSPS) is 18.9. The summed E-state index contributed by atoms with van der Waals surface area (Å²) < 4.78 is 43.1. The average molecular weight is 388 g/mol. The van der Waals surface area contributed by atoms with Crippen LogP contribution in [0.4, 0.5) is 13.2 Å². The summed E-state index contributed by atoms with van der Waals surface area (Å²) in [5.74, 6) is -3.14. The maximum Gasteiger partial charge on any atom is 0.253 e. The lowest BCUT2D eigenvalue weighted by molar-refractivity contribution is 0.0827. The maximum atomic E-state index is 14.3. The monoisotopic (exact) mass is 388 g/mol. The van der Waals surface area contributed by atoms with Crippen LogP contribution in [0.5, 0.6) is 0 Å². The third-order valence-electron chi connectivity index (χ3n) is 5.23. The number of nitrogens with zero attached hydrogens (tertiary/aromatic N) is 3. The minimum Gasteiger partial charge on any atom is -0.345 e. The highest BCUT2D eigenvalue weighted by Gasteiger charge is 2.32. The summed E-state index contributed by atoms with van der Waals surface area (Å²) >= 11 is 0. The first-order valence-corrected chi connectivity index (χ1v) is 8.87. The Kier molecular flexibility index (Phi) is 4.38. The molecule has 0 fully saturated rings. The first-order valence-electron chi connectivity index (χ1n) is 8.87. The number of halogens is 3. The molecule has 2 aromatic carbocycles. The van der Waals surface area contributed by atoms with Crippen molar-refractivity contribution in [1.82, 2.24) is 14.5 Å². The molecular formula is C20H19F3N4O. The van der Waals surface area contributed by atoms with Gasteiger partial charge in [0.2, 0.25) is 0 Å². The summed E-state index contributed by atoms with van der Waals surface area (Å²) in [6, 6.07) is 6.18. The SMILES string of the molecule is CN(C)C(=O)c1ccc2c(c1)nc1n2C[C@H](N)[C@@H](c2cc(F)c(F)cc2F)C1. The topological polar surface area (TPSA) is 64.2 Å². The largest absolute Gasteiger partial charge is 0.345 e. The fraction of sp³-hybridized carbons (Fsp3) is 0.300. The number of hydrogen-bond donors (Lipinski definition) is 1. The van der Waals surface area contributed by atoms with E-state index in [2.05, 4.69) is 4.98 Å². The Morgan fingerprint density at radius 1 is 1.14 bits per heavy atom. The van der Waals surface area contributed by atoms with E-state index in [1.54, 1.807) is 26.2 Å². The molecule has 8 heteroatoms. The molecule has 4 rings (SSSR count). The van der Waals surface area contributed by atoms with E-state index >= 15 is 0 Å². The van der Waals surface area contributed by atoms with Crippen molar-refractivity contribution in [2.45, 2.75) is 24.9 Å². The van der Waals surface area contributed by atoms with Crippen LogP contribution < -0.4 is 5.73 Å². The number of carbonyl (C=O) groups is 1. The van der Waals surface area contributed by atoms with Crippen molar-refractivity contribution in [2.24, 2.45) is 5.73 Å². The van der Waals surface area contributed by atoms with Crippen molar-refractivity contribution in [3.63, 3.8) is 0 Å². The molecule has 2 heterocycles. The standard InChI is InChI=1S/C20H19F3N4O/c1-26(2)20(28)10-3-4-18-17(5-10)25-19-7-12(16(24)9-27(18)19)11-6-14(22)15(23)8-13(11)21/h3-6,8,12,16H,7,9,24H2,1-2H3/t12-,16+/m1/s1. The molecule has 1 aliphatic heterocycles. The summed E-state index contributed by atoms with van der Waals surface area (Å²) in [6.45, 7) is 0.357. The Hall–Kier alpha value is -2.87. The minimum absolute atomic E-state index is 0.0492. The summed E-state index contributed by atoms with van der Waals surface area (Å²) in [5.41, 5.74) is 8.29. The lowest BCUT2D eigenvalue weighted by Gasteiger charge is -2.30. The number of amides is 1. The van der Waals surface area contributed by atoms with Gasteiger partial charge in [0, 0.05) is 50.7 Å². The fourth-order valence-corrected chi connectivity index (χ4v) is 3.78. The van der Waals surface area contributed by atoms with Crippen molar-refractivity contribution in [3.05, 3.63) is 64.7 Å². The van der Waals surface area contributed by atoms with Gasteiger partial charge in [-0.2, -0.15) is 0 Å². The van der Waals surface area contributed by atoms with Gasteiger partial charge in [-0.05, 0) is 29.8 Å². The molecule has 1 aliphatic rings. The van der Waals surface area contributed by atoms with Gasteiger partial charge in [-0.3, -0.25) is 4.79 Å². The van der Waals surface area contributed by atoms with Crippen molar-refractivity contribution in [3.8, 4) is 0 Å². The van der Waals surface area contributed by atoms with E-state index in [0.29, 0.717) is 29.5 Å². The van der Waals surface area contributed by atoms with Gasteiger partial charge in [0.1, 0.15) is 11.6 Å². The first-order chi connectivity index (χ1) is 13.3. The second kappa shape index (κ2) is 6.63. The van der Waals surface area contributed by atoms with Crippen LogP contribution in [0.3, 0.4) is 0 Å². The Bertz CT molecular complexity index is 1090. The number of hydrogen-bond acceptors (Lipinski definition) is 3. The van der Waals surface area contributed by atoms with Crippen LogP contribution in [0, 0.1) is 17.5 Å². The van der Waals surface area contributed by atoms with Crippen LogP contribution in [-0.4, -0.2) is 40.5 Å². The van der Waals surface area contributed by atoms with Crippen LogP contribution in [-0.2, 0) is 13.0 Å². The maximum absolute atomic E-state index is 14.3. The van der Waals surface area contributed by atoms with Gasteiger partial charge in [0.25, 0.3) is 5.91 Å². The smallest absolute Gasteiger partial charge is 0.253 e. The van der Waals surface area contributed by atoms with Crippen LogP contribution >= 0.6 is 0 Å². The Morgan fingerprint density at radius 3 is 2.57 bits per heavy atom. The molecule has 1 aromatic heterocycles. The predicted octanol–water partition coefficient (Wildman–Crippen LogP) is 2.82. The van der Waals surface area contributed by atoms with Gasteiger partial charge in [0.05, 0.1) is 11.0 Å². The van der Waals surface area contributed by atoms with Gasteiger partial charge in [0.15, 0.2) is 11.6 Å². The number of aromatic nitrogens is 2. The second-order valence-corrected chi connectivity index (χ2v) is 7.30. The van der Waals surface area contributed by atoms with Crippen LogP contribution in [0.15, 0.2) is 30.3 Å². The molecule has 2 N–H and O–H groups in total. The predicted molar refractivity (Wildman–Crippen MR) is 98.5 cm³/mol. The van der Waals surface area contributed by atoms with Crippen molar-refractivity contribution >= 4 is 16.9 Å². The molecule has 0 bridgehead atoms. The molecule has 0 spiro atoms. The summed E-state index contributed by atoms with van der Waals surface area (Å²) in [5, 5.41) is 0. The van der Waals surface area contributed by atoms with Gasteiger partial charge >= 0.3 is 0 Å². The van der Waals surface area contributed by atoms with Gasteiger partial charge in [-0.1, -0.05) is 0 Å². The van der Waals surface area contributed by atoms with E-state index in [4.69, 9.17) is 5.73 Å². The average Bonchev–Trinajstić information content (AvgIpc) is 3.00. The highest BCUT2D eigenvalue weighted by Crippen LogP contribution is 2.33.